The highest BCUT2D eigenvalue weighted by molar-refractivity contribution is 6.30. The highest BCUT2D eigenvalue weighted by Crippen LogP contribution is 2.14. The van der Waals surface area contributed by atoms with Crippen molar-refractivity contribution < 1.29 is 4.79 Å². The van der Waals surface area contributed by atoms with E-state index in [0.717, 1.165) is 23.6 Å². The van der Waals surface area contributed by atoms with Crippen molar-refractivity contribution in [2.75, 3.05) is 6.54 Å². The number of rotatable bonds is 6. The van der Waals surface area contributed by atoms with Crippen molar-refractivity contribution >= 4 is 17.5 Å². The van der Waals surface area contributed by atoms with Gasteiger partial charge in [-0.05, 0) is 57.0 Å². The van der Waals surface area contributed by atoms with Crippen LogP contribution in [0.25, 0.3) is 5.69 Å². The Morgan fingerprint density at radius 1 is 1.19 bits per heavy atom. The van der Waals surface area contributed by atoms with Gasteiger partial charge in [-0.3, -0.25) is 9.48 Å². The van der Waals surface area contributed by atoms with Crippen LogP contribution in [0.1, 0.15) is 34.8 Å². The molecule has 7 nitrogen and oxygen atoms in total. The molecular formula is C19H23ClN6O. The first-order valence-corrected chi connectivity index (χ1v) is 9.20. The molecule has 0 saturated heterocycles. The van der Waals surface area contributed by atoms with Crippen LogP contribution in [0, 0.1) is 26.7 Å². The lowest BCUT2D eigenvalue weighted by Gasteiger charge is -2.13. The minimum atomic E-state index is -0.286. The van der Waals surface area contributed by atoms with Gasteiger partial charge in [0.05, 0.1) is 11.4 Å². The molecule has 1 unspecified atom stereocenters. The predicted molar refractivity (Wildman–Crippen MR) is 104 cm³/mol. The van der Waals surface area contributed by atoms with Gasteiger partial charge in [0.25, 0.3) is 5.91 Å². The zero-order valence-electron chi connectivity index (χ0n) is 15.9. The Morgan fingerprint density at radius 3 is 2.52 bits per heavy atom. The molecule has 1 aromatic carbocycles. The van der Waals surface area contributed by atoms with Crippen LogP contribution in [0.2, 0.25) is 5.02 Å². The monoisotopic (exact) mass is 386 g/mol. The molecule has 2 aromatic heterocycles. The molecule has 0 radical (unpaired) electrons. The number of amides is 1. The number of nitrogens with zero attached hydrogens (tertiary/aromatic N) is 5. The van der Waals surface area contributed by atoms with Crippen molar-refractivity contribution in [2.24, 2.45) is 5.92 Å². The highest BCUT2D eigenvalue weighted by atomic mass is 35.5. The van der Waals surface area contributed by atoms with E-state index in [4.69, 9.17) is 11.6 Å². The van der Waals surface area contributed by atoms with Gasteiger partial charge in [0.1, 0.15) is 5.82 Å². The number of carbonyl (C=O) groups excluding carboxylic acids is 1. The first kappa shape index (κ1) is 19.1. The van der Waals surface area contributed by atoms with Crippen LogP contribution >= 0.6 is 11.6 Å². The second-order valence-electron chi connectivity index (χ2n) is 6.80. The predicted octanol–water partition coefficient (Wildman–Crippen LogP) is 3.11. The van der Waals surface area contributed by atoms with Gasteiger partial charge in [-0.15, -0.1) is 5.10 Å². The lowest BCUT2D eigenvalue weighted by Crippen LogP contribution is -2.31. The Morgan fingerprint density at radius 2 is 1.89 bits per heavy atom. The lowest BCUT2D eigenvalue weighted by molar-refractivity contribution is 0.0936. The number of aryl methyl sites for hydroxylation is 3. The number of carbonyl (C=O) groups is 1. The van der Waals surface area contributed by atoms with E-state index in [1.807, 2.05) is 43.7 Å². The number of hydrogen-bond donors (Lipinski definition) is 1. The first-order chi connectivity index (χ1) is 12.8. The summed E-state index contributed by atoms with van der Waals surface area (Å²) in [6.07, 6.45) is 0. The van der Waals surface area contributed by atoms with Gasteiger partial charge >= 0.3 is 0 Å². The molecule has 8 heteroatoms. The zero-order valence-corrected chi connectivity index (χ0v) is 16.7. The summed E-state index contributed by atoms with van der Waals surface area (Å²) in [5.41, 5.74) is 2.92. The quantitative estimate of drug-likeness (QED) is 0.706. The summed E-state index contributed by atoms with van der Waals surface area (Å²) in [5.74, 6) is 0.733. The lowest BCUT2D eigenvalue weighted by atomic mass is 10.2. The van der Waals surface area contributed by atoms with Gasteiger partial charge in [-0.1, -0.05) is 18.5 Å². The van der Waals surface area contributed by atoms with E-state index in [1.54, 1.807) is 16.8 Å². The van der Waals surface area contributed by atoms with Gasteiger partial charge in [0.2, 0.25) is 5.82 Å². The van der Waals surface area contributed by atoms with Gasteiger partial charge in [-0.25, -0.2) is 9.67 Å². The molecule has 1 N–H and O–H groups in total. The summed E-state index contributed by atoms with van der Waals surface area (Å²) < 4.78 is 3.59. The molecule has 0 spiro atoms. The smallest absolute Gasteiger partial charge is 0.290 e. The average molecular weight is 387 g/mol. The van der Waals surface area contributed by atoms with Crippen LogP contribution in [-0.4, -0.2) is 37.0 Å². The third-order valence-electron chi connectivity index (χ3n) is 4.24. The van der Waals surface area contributed by atoms with E-state index in [2.05, 4.69) is 27.4 Å². The fraction of sp³-hybridized carbons (Fsp3) is 0.368. The number of benzene rings is 1. The molecule has 1 atom stereocenters. The molecule has 3 aromatic rings. The third kappa shape index (κ3) is 4.54. The normalized spacial score (nSPS) is 12.2. The Labute approximate surface area is 163 Å². The maximum Gasteiger partial charge on any atom is 0.290 e. The molecule has 27 heavy (non-hydrogen) atoms. The van der Waals surface area contributed by atoms with Crippen molar-refractivity contribution in [1.29, 1.82) is 0 Å². The Hall–Kier alpha value is -2.67. The zero-order chi connectivity index (χ0) is 19.6. The van der Waals surface area contributed by atoms with Crippen LogP contribution < -0.4 is 5.32 Å². The van der Waals surface area contributed by atoms with Crippen LogP contribution in [0.4, 0.5) is 0 Å². The fourth-order valence-electron chi connectivity index (χ4n) is 2.88. The van der Waals surface area contributed by atoms with Gasteiger partial charge < -0.3 is 5.32 Å². The molecule has 3 rings (SSSR count). The van der Waals surface area contributed by atoms with Gasteiger partial charge in [-0.2, -0.15) is 5.10 Å². The van der Waals surface area contributed by atoms with Crippen LogP contribution in [0.15, 0.2) is 30.3 Å². The molecular weight excluding hydrogens is 364 g/mol. The first-order valence-electron chi connectivity index (χ1n) is 8.82. The largest absolute Gasteiger partial charge is 0.349 e. The van der Waals surface area contributed by atoms with Crippen molar-refractivity contribution in [3.63, 3.8) is 0 Å². The second kappa shape index (κ2) is 7.92. The number of aromatic nitrogens is 5. The van der Waals surface area contributed by atoms with E-state index in [9.17, 15) is 4.79 Å². The van der Waals surface area contributed by atoms with E-state index in [0.29, 0.717) is 17.4 Å². The molecule has 0 saturated carbocycles. The van der Waals surface area contributed by atoms with E-state index >= 15 is 0 Å². The van der Waals surface area contributed by atoms with Crippen LogP contribution in [0.5, 0.6) is 0 Å². The Bertz CT molecular complexity index is 944. The number of nitrogens with one attached hydrogen (secondary N) is 1. The van der Waals surface area contributed by atoms with Crippen molar-refractivity contribution in [1.82, 2.24) is 29.9 Å². The van der Waals surface area contributed by atoms with Gasteiger partial charge in [0, 0.05) is 23.8 Å². The molecule has 2 heterocycles. The number of hydrogen-bond acceptors (Lipinski definition) is 4. The summed E-state index contributed by atoms with van der Waals surface area (Å²) in [6.45, 7) is 9.14. The molecule has 142 valence electrons. The maximum atomic E-state index is 12.4. The Kier molecular flexibility index (Phi) is 5.60. The second-order valence-corrected chi connectivity index (χ2v) is 7.23. The third-order valence-corrected chi connectivity index (χ3v) is 4.49. The molecule has 1 amide bonds. The molecule has 0 bridgehead atoms. The van der Waals surface area contributed by atoms with E-state index < -0.39 is 0 Å². The van der Waals surface area contributed by atoms with Crippen molar-refractivity contribution in [3.05, 3.63) is 58.4 Å². The van der Waals surface area contributed by atoms with E-state index in [1.165, 1.54) is 0 Å². The molecule has 0 fully saturated rings. The fourth-order valence-corrected chi connectivity index (χ4v) is 3.00. The van der Waals surface area contributed by atoms with Crippen LogP contribution in [0.3, 0.4) is 0 Å². The topological polar surface area (TPSA) is 77.6 Å². The molecule has 0 aliphatic carbocycles. The highest BCUT2D eigenvalue weighted by Gasteiger charge is 2.16. The number of halogens is 1. The maximum absolute atomic E-state index is 12.4. The summed E-state index contributed by atoms with van der Waals surface area (Å²) in [5, 5.41) is 12.3. The van der Waals surface area contributed by atoms with E-state index in [-0.39, 0.29) is 17.6 Å². The molecule has 0 aliphatic heterocycles. The van der Waals surface area contributed by atoms with Gasteiger partial charge in [0.15, 0.2) is 0 Å². The minimum Gasteiger partial charge on any atom is -0.349 e. The van der Waals surface area contributed by atoms with Crippen molar-refractivity contribution in [3.8, 4) is 5.69 Å². The summed E-state index contributed by atoms with van der Waals surface area (Å²) in [4.78, 5) is 16.7. The minimum absolute atomic E-state index is 0.153. The standard InChI is InChI=1S/C19H23ClN6O/c1-12(11-25-14(3)9-13(2)23-25)10-21-19(27)18-22-15(4)26(24-18)17-7-5-16(20)6-8-17/h5-9,12H,10-11H2,1-4H3,(H,21,27). The summed E-state index contributed by atoms with van der Waals surface area (Å²) >= 11 is 5.92. The summed E-state index contributed by atoms with van der Waals surface area (Å²) in [6, 6.07) is 9.27. The average Bonchev–Trinajstić information content (AvgIpc) is 3.15. The van der Waals surface area contributed by atoms with Crippen molar-refractivity contribution in [2.45, 2.75) is 34.2 Å². The summed E-state index contributed by atoms with van der Waals surface area (Å²) in [7, 11) is 0. The SMILES string of the molecule is Cc1cc(C)n(CC(C)CNC(=O)c2nc(C)n(-c3ccc(Cl)cc3)n2)n1. The van der Waals surface area contributed by atoms with Crippen LogP contribution in [-0.2, 0) is 6.54 Å². The molecule has 0 aliphatic rings. The Balaban J connectivity index is 1.62.